The van der Waals surface area contributed by atoms with Crippen molar-refractivity contribution >= 4 is 0 Å². The summed E-state index contributed by atoms with van der Waals surface area (Å²) >= 11 is 0. The van der Waals surface area contributed by atoms with E-state index in [1.165, 1.54) is 6.42 Å². The van der Waals surface area contributed by atoms with Crippen molar-refractivity contribution in [3.05, 3.63) is 0 Å². The predicted octanol–water partition coefficient (Wildman–Crippen LogP) is 2.97. The Bertz CT molecular complexity index is 123. The third-order valence-electron chi connectivity index (χ3n) is 1.76. The Hall–Kier alpha value is -0.0800. The number of unbranched alkanes of at least 4 members (excludes halogenated alkanes) is 1. The molecule has 2 heteroatoms. The average Bonchev–Trinajstić information content (AvgIpc) is 1.92. The molecule has 0 rings (SSSR count). The van der Waals surface area contributed by atoms with E-state index in [1.54, 1.807) is 0 Å². The minimum absolute atomic E-state index is 0.0114. The molecule has 0 aliphatic rings. The molecular formula is C12H27NO. The Labute approximate surface area is 89.4 Å². The van der Waals surface area contributed by atoms with Crippen molar-refractivity contribution in [3.8, 4) is 0 Å². The van der Waals surface area contributed by atoms with Crippen LogP contribution in [-0.4, -0.2) is 24.3 Å². The first-order valence-electron chi connectivity index (χ1n) is 5.60. The summed E-state index contributed by atoms with van der Waals surface area (Å²) in [6.07, 6.45) is 2.33. The summed E-state index contributed by atoms with van der Waals surface area (Å²) in [6.45, 7) is 14.8. The first kappa shape index (κ1) is 13.9. The molecule has 0 aromatic carbocycles. The molecule has 0 heterocycles. The van der Waals surface area contributed by atoms with Crippen LogP contribution < -0.4 is 5.32 Å². The Kier molecular flexibility index (Phi) is 5.68. The Morgan fingerprint density at radius 2 is 1.50 bits per heavy atom. The zero-order valence-electron chi connectivity index (χ0n) is 10.7. The van der Waals surface area contributed by atoms with Gasteiger partial charge in [0.15, 0.2) is 0 Å². The van der Waals surface area contributed by atoms with Crippen LogP contribution in [0.3, 0.4) is 0 Å². The molecule has 0 aliphatic carbocycles. The maximum atomic E-state index is 5.63. The van der Waals surface area contributed by atoms with E-state index in [4.69, 9.17) is 4.74 Å². The fourth-order valence-corrected chi connectivity index (χ4v) is 1.07. The lowest BCUT2D eigenvalue weighted by molar-refractivity contribution is -0.00463. The van der Waals surface area contributed by atoms with Gasteiger partial charge in [0, 0.05) is 12.1 Å². The van der Waals surface area contributed by atoms with E-state index in [2.05, 4.69) is 46.9 Å². The number of rotatable bonds is 5. The first-order valence-corrected chi connectivity index (χ1v) is 5.60. The Morgan fingerprint density at radius 1 is 0.929 bits per heavy atom. The number of hydrogen-bond acceptors (Lipinski definition) is 2. The Morgan fingerprint density at radius 3 is 1.93 bits per heavy atom. The smallest absolute Gasteiger partial charge is 0.0598 e. The average molecular weight is 201 g/mol. The fourth-order valence-electron chi connectivity index (χ4n) is 1.07. The van der Waals surface area contributed by atoms with E-state index in [0.717, 1.165) is 19.6 Å². The molecule has 0 fully saturated rings. The van der Waals surface area contributed by atoms with Gasteiger partial charge in [0.1, 0.15) is 0 Å². The molecule has 0 aromatic rings. The highest BCUT2D eigenvalue weighted by Crippen LogP contribution is 2.07. The van der Waals surface area contributed by atoms with Crippen molar-refractivity contribution in [2.75, 3.05) is 13.2 Å². The topological polar surface area (TPSA) is 21.3 Å². The second-order valence-electron chi connectivity index (χ2n) is 5.84. The number of hydrogen-bond donors (Lipinski definition) is 1. The lowest BCUT2D eigenvalue weighted by atomic mass is 10.1. The van der Waals surface area contributed by atoms with Gasteiger partial charge in [-0.2, -0.15) is 0 Å². The van der Waals surface area contributed by atoms with Gasteiger partial charge in [0.05, 0.1) is 5.60 Å². The normalized spacial score (nSPS) is 13.3. The van der Waals surface area contributed by atoms with Crippen LogP contribution in [0.2, 0.25) is 0 Å². The summed E-state index contributed by atoms with van der Waals surface area (Å²) in [5, 5.41) is 3.46. The summed E-state index contributed by atoms with van der Waals surface area (Å²) in [5.41, 5.74) is 0.252. The molecule has 86 valence electrons. The van der Waals surface area contributed by atoms with Gasteiger partial charge in [-0.15, -0.1) is 0 Å². The van der Waals surface area contributed by atoms with E-state index < -0.39 is 0 Å². The van der Waals surface area contributed by atoms with Crippen LogP contribution in [0.15, 0.2) is 0 Å². The van der Waals surface area contributed by atoms with E-state index >= 15 is 0 Å². The van der Waals surface area contributed by atoms with Crippen LogP contribution >= 0.6 is 0 Å². The van der Waals surface area contributed by atoms with Crippen LogP contribution in [0.4, 0.5) is 0 Å². The quantitative estimate of drug-likeness (QED) is 0.690. The van der Waals surface area contributed by atoms with Crippen molar-refractivity contribution in [1.82, 2.24) is 5.32 Å². The van der Waals surface area contributed by atoms with Crippen molar-refractivity contribution in [2.45, 2.75) is 65.5 Å². The summed E-state index contributed by atoms with van der Waals surface area (Å²) in [4.78, 5) is 0. The van der Waals surface area contributed by atoms with Crippen LogP contribution in [0.25, 0.3) is 0 Å². The third kappa shape index (κ3) is 11.9. The van der Waals surface area contributed by atoms with Crippen LogP contribution in [0.1, 0.15) is 54.4 Å². The van der Waals surface area contributed by atoms with Gasteiger partial charge in [-0.3, -0.25) is 0 Å². The van der Waals surface area contributed by atoms with Crippen molar-refractivity contribution in [2.24, 2.45) is 0 Å². The molecule has 0 atom stereocenters. The van der Waals surface area contributed by atoms with Gasteiger partial charge in [-0.25, -0.2) is 0 Å². The molecule has 0 saturated heterocycles. The zero-order chi connectivity index (χ0) is 11.2. The minimum Gasteiger partial charge on any atom is -0.376 e. The van der Waals surface area contributed by atoms with Crippen molar-refractivity contribution in [3.63, 3.8) is 0 Å². The molecule has 0 unspecified atom stereocenters. The summed E-state index contributed by atoms with van der Waals surface area (Å²) in [6, 6.07) is 0. The maximum absolute atomic E-state index is 5.63. The van der Waals surface area contributed by atoms with E-state index in [-0.39, 0.29) is 11.1 Å². The molecule has 0 bridgehead atoms. The highest BCUT2D eigenvalue weighted by molar-refractivity contribution is 4.69. The fraction of sp³-hybridized carbons (Fsp3) is 1.00. The predicted molar refractivity (Wildman–Crippen MR) is 62.7 cm³/mol. The summed E-state index contributed by atoms with van der Waals surface area (Å²) < 4.78 is 5.63. The molecule has 0 radical (unpaired) electrons. The third-order valence-corrected chi connectivity index (χ3v) is 1.76. The molecule has 0 aliphatic heterocycles. The SMILES string of the molecule is CC(C)(C)NCCCCOC(C)(C)C. The largest absolute Gasteiger partial charge is 0.376 e. The molecule has 2 nitrogen and oxygen atoms in total. The lowest BCUT2D eigenvalue weighted by Crippen LogP contribution is -2.36. The molecule has 0 spiro atoms. The van der Waals surface area contributed by atoms with Gasteiger partial charge < -0.3 is 10.1 Å². The molecule has 1 N–H and O–H groups in total. The Balaban J connectivity index is 3.23. The summed E-state index contributed by atoms with van der Waals surface area (Å²) in [7, 11) is 0. The van der Waals surface area contributed by atoms with Gasteiger partial charge in [-0.1, -0.05) is 0 Å². The highest BCUT2D eigenvalue weighted by Gasteiger charge is 2.09. The van der Waals surface area contributed by atoms with E-state index in [1.807, 2.05) is 0 Å². The van der Waals surface area contributed by atoms with Gasteiger partial charge >= 0.3 is 0 Å². The van der Waals surface area contributed by atoms with Crippen LogP contribution in [0, 0.1) is 0 Å². The van der Waals surface area contributed by atoms with Crippen molar-refractivity contribution < 1.29 is 4.74 Å². The monoisotopic (exact) mass is 201 g/mol. The minimum atomic E-state index is 0.0114. The molecular weight excluding hydrogens is 174 g/mol. The van der Waals surface area contributed by atoms with Crippen LogP contribution in [-0.2, 0) is 4.74 Å². The van der Waals surface area contributed by atoms with Crippen LogP contribution in [0.5, 0.6) is 0 Å². The second-order valence-corrected chi connectivity index (χ2v) is 5.84. The van der Waals surface area contributed by atoms with Gasteiger partial charge in [0.25, 0.3) is 0 Å². The molecule has 0 saturated carbocycles. The van der Waals surface area contributed by atoms with Crippen molar-refractivity contribution in [1.29, 1.82) is 0 Å². The molecule has 14 heavy (non-hydrogen) atoms. The molecule has 0 aromatic heterocycles. The van der Waals surface area contributed by atoms with Gasteiger partial charge in [-0.05, 0) is 60.9 Å². The van der Waals surface area contributed by atoms with E-state index in [0.29, 0.717) is 0 Å². The number of ether oxygens (including phenoxy) is 1. The highest BCUT2D eigenvalue weighted by atomic mass is 16.5. The second kappa shape index (κ2) is 5.72. The molecule has 0 amide bonds. The zero-order valence-corrected chi connectivity index (χ0v) is 10.7. The first-order chi connectivity index (χ1) is 6.21. The van der Waals surface area contributed by atoms with E-state index in [9.17, 15) is 0 Å². The maximum Gasteiger partial charge on any atom is 0.0598 e. The van der Waals surface area contributed by atoms with Gasteiger partial charge in [0.2, 0.25) is 0 Å². The number of nitrogens with one attached hydrogen (secondary N) is 1. The summed E-state index contributed by atoms with van der Waals surface area (Å²) in [5.74, 6) is 0. The lowest BCUT2D eigenvalue weighted by Gasteiger charge is -2.21. The standard InChI is InChI=1S/C12H27NO/c1-11(2,3)13-9-7-8-10-14-12(4,5)6/h13H,7-10H2,1-6H3.